The topological polar surface area (TPSA) is 49.9 Å². The number of methoxy groups -OCH3 is 1. The Hall–Kier alpha value is -2.37. The monoisotopic (exact) mass is 400 g/mol. The molecular formula is C22H25ClN2O3. The highest BCUT2D eigenvalue weighted by Crippen LogP contribution is 2.26. The van der Waals surface area contributed by atoms with Gasteiger partial charge in [-0.2, -0.15) is 0 Å². The first kappa shape index (κ1) is 20.4. The molecule has 1 heterocycles. The maximum absolute atomic E-state index is 12.9. The molecule has 1 atom stereocenters. The molecule has 1 aliphatic heterocycles. The third kappa shape index (κ3) is 4.21. The zero-order valence-corrected chi connectivity index (χ0v) is 17.2. The summed E-state index contributed by atoms with van der Waals surface area (Å²) in [6.45, 7) is 6.31. The maximum Gasteiger partial charge on any atom is 0.327 e. The SMILES string of the molecule is COC(=O)C(c1ccc(Cl)cc1)N1CCN(C(=O)c2cccc(C)c2C)CC1. The van der Waals surface area contributed by atoms with Crippen molar-refractivity contribution in [1.82, 2.24) is 9.80 Å². The number of amides is 1. The second kappa shape index (κ2) is 8.76. The molecule has 3 rings (SSSR count). The molecule has 0 aromatic heterocycles. The van der Waals surface area contributed by atoms with E-state index in [0.29, 0.717) is 31.2 Å². The van der Waals surface area contributed by atoms with Gasteiger partial charge in [-0.3, -0.25) is 9.69 Å². The Morgan fingerprint density at radius 1 is 1.00 bits per heavy atom. The summed E-state index contributed by atoms with van der Waals surface area (Å²) in [5.74, 6) is -0.265. The van der Waals surface area contributed by atoms with Crippen LogP contribution >= 0.6 is 11.6 Å². The van der Waals surface area contributed by atoms with Crippen molar-refractivity contribution in [1.29, 1.82) is 0 Å². The fraction of sp³-hybridized carbons (Fsp3) is 0.364. The molecule has 0 spiro atoms. The Kier molecular flexibility index (Phi) is 6.37. The molecule has 2 aromatic rings. The van der Waals surface area contributed by atoms with Gasteiger partial charge in [-0.25, -0.2) is 4.79 Å². The van der Waals surface area contributed by atoms with E-state index in [1.54, 1.807) is 12.1 Å². The normalized spacial score (nSPS) is 15.9. The van der Waals surface area contributed by atoms with E-state index in [0.717, 1.165) is 22.3 Å². The number of carbonyl (C=O) groups is 2. The fourth-order valence-electron chi connectivity index (χ4n) is 3.59. The van der Waals surface area contributed by atoms with Crippen molar-refractivity contribution in [3.8, 4) is 0 Å². The van der Waals surface area contributed by atoms with Crippen LogP contribution in [-0.4, -0.2) is 55.0 Å². The third-order valence-corrected chi connectivity index (χ3v) is 5.66. The van der Waals surface area contributed by atoms with Crippen LogP contribution in [0.15, 0.2) is 42.5 Å². The number of rotatable bonds is 4. The molecule has 5 nitrogen and oxygen atoms in total. The van der Waals surface area contributed by atoms with Crippen molar-refractivity contribution in [2.75, 3.05) is 33.3 Å². The first-order valence-electron chi connectivity index (χ1n) is 9.35. The van der Waals surface area contributed by atoms with Gasteiger partial charge < -0.3 is 9.64 Å². The Bertz CT molecular complexity index is 859. The first-order chi connectivity index (χ1) is 13.4. The lowest BCUT2D eigenvalue weighted by Gasteiger charge is -2.38. The highest BCUT2D eigenvalue weighted by molar-refractivity contribution is 6.30. The Morgan fingerprint density at radius 2 is 1.64 bits per heavy atom. The van der Waals surface area contributed by atoms with E-state index in [9.17, 15) is 9.59 Å². The predicted octanol–water partition coefficient (Wildman–Crippen LogP) is 3.63. The number of nitrogens with zero attached hydrogens (tertiary/aromatic N) is 2. The highest BCUT2D eigenvalue weighted by atomic mass is 35.5. The minimum Gasteiger partial charge on any atom is -0.468 e. The summed E-state index contributed by atoms with van der Waals surface area (Å²) in [7, 11) is 1.39. The van der Waals surface area contributed by atoms with Gasteiger partial charge in [-0.1, -0.05) is 35.9 Å². The van der Waals surface area contributed by atoms with Crippen LogP contribution in [-0.2, 0) is 9.53 Å². The zero-order valence-electron chi connectivity index (χ0n) is 16.4. The molecule has 1 unspecified atom stereocenters. The van der Waals surface area contributed by atoms with Crippen LogP contribution in [0.5, 0.6) is 0 Å². The summed E-state index contributed by atoms with van der Waals surface area (Å²) >= 11 is 5.98. The largest absolute Gasteiger partial charge is 0.468 e. The third-order valence-electron chi connectivity index (χ3n) is 5.41. The van der Waals surface area contributed by atoms with Crippen molar-refractivity contribution >= 4 is 23.5 Å². The van der Waals surface area contributed by atoms with Gasteiger partial charge in [0, 0.05) is 36.8 Å². The first-order valence-corrected chi connectivity index (χ1v) is 9.73. The van der Waals surface area contributed by atoms with Crippen LogP contribution in [0.2, 0.25) is 5.02 Å². The van der Waals surface area contributed by atoms with Gasteiger partial charge in [0.15, 0.2) is 0 Å². The zero-order chi connectivity index (χ0) is 20.3. The van der Waals surface area contributed by atoms with Crippen LogP contribution < -0.4 is 0 Å². The van der Waals surface area contributed by atoms with E-state index in [4.69, 9.17) is 16.3 Å². The van der Waals surface area contributed by atoms with Crippen molar-refractivity contribution in [2.45, 2.75) is 19.9 Å². The summed E-state index contributed by atoms with van der Waals surface area (Å²) in [5, 5.41) is 0.622. The average Bonchev–Trinajstić information content (AvgIpc) is 2.71. The molecule has 6 heteroatoms. The number of aryl methyl sites for hydroxylation is 1. The van der Waals surface area contributed by atoms with E-state index >= 15 is 0 Å². The van der Waals surface area contributed by atoms with Gasteiger partial charge in [0.2, 0.25) is 0 Å². The molecule has 148 valence electrons. The molecule has 0 bridgehead atoms. The lowest BCUT2D eigenvalue weighted by atomic mass is 10.0. The number of hydrogen-bond donors (Lipinski definition) is 0. The van der Waals surface area contributed by atoms with E-state index in [1.807, 2.05) is 49.1 Å². The second-order valence-electron chi connectivity index (χ2n) is 7.05. The molecule has 1 fully saturated rings. The standard InChI is InChI=1S/C22H25ClN2O3/c1-15-5-4-6-19(16(15)2)21(26)25-13-11-24(12-14-25)20(22(27)28-3)17-7-9-18(23)10-8-17/h4-10,20H,11-14H2,1-3H3. The van der Waals surface area contributed by atoms with Gasteiger partial charge in [-0.05, 0) is 48.7 Å². The highest BCUT2D eigenvalue weighted by Gasteiger charge is 2.32. The number of esters is 1. The molecule has 28 heavy (non-hydrogen) atoms. The van der Waals surface area contributed by atoms with Gasteiger partial charge in [-0.15, -0.1) is 0 Å². The summed E-state index contributed by atoms with van der Waals surface area (Å²) < 4.78 is 5.03. The number of ether oxygens (including phenoxy) is 1. The van der Waals surface area contributed by atoms with Crippen molar-refractivity contribution in [3.05, 3.63) is 69.7 Å². The molecule has 1 amide bonds. The number of halogens is 1. The number of hydrogen-bond acceptors (Lipinski definition) is 4. The average molecular weight is 401 g/mol. The van der Waals surface area contributed by atoms with E-state index in [-0.39, 0.29) is 11.9 Å². The molecular weight excluding hydrogens is 376 g/mol. The Morgan fingerprint density at radius 3 is 2.25 bits per heavy atom. The van der Waals surface area contributed by atoms with Crippen molar-refractivity contribution in [3.63, 3.8) is 0 Å². The second-order valence-corrected chi connectivity index (χ2v) is 7.49. The van der Waals surface area contributed by atoms with Crippen molar-refractivity contribution in [2.24, 2.45) is 0 Å². The molecule has 1 saturated heterocycles. The number of benzene rings is 2. The van der Waals surface area contributed by atoms with Crippen molar-refractivity contribution < 1.29 is 14.3 Å². The summed E-state index contributed by atoms with van der Waals surface area (Å²) in [5.41, 5.74) is 3.71. The lowest BCUT2D eigenvalue weighted by Crippen LogP contribution is -2.51. The smallest absolute Gasteiger partial charge is 0.327 e. The van der Waals surface area contributed by atoms with Crippen LogP contribution in [0.3, 0.4) is 0 Å². The minimum atomic E-state index is -0.500. The van der Waals surface area contributed by atoms with Gasteiger partial charge in [0.1, 0.15) is 6.04 Å². The van der Waals surface area contributed by atoms with E-state index in [1.165, 1.54) is 7.11 Å². The molecule has 0 saturated carbocycles. The van der Waals surface area contributed by atoms with Crippen LogP contribution in [0.25, 0.3) is 0 Å². The van der Waals surface area contributed by atoms with E-state index < -0.39 is 6.04 Å². The number of carbonyl (C=O) groups excluding carboxylic acids is 2. The minimum absolute atomic E-state index is 0.0435. The molecule has 0 aliphatic carbocycles. The van der Waals surface area contributed by atoms with Gasteiger partial charge in [0.25, 0.3) is 5.91 Å². The van der Waals surface area contributed by atoms with Crippen LogP contribution in [0, 0.1) is 13.8 Å². The molecule has 1 aliphatic rings. The fourth-order valence-corrected chi connectivity index (χ4v) is 3.71. The Labute approximate surface area is 170 Å². The summed E-state index contributed by atoms with van der Waals surface area (Å²) in [6, 6.07) is 12.5. The van der Waals surface area contributed by atoms with Crippen LogP contribution in [0.1, 0.15) is 33.1 Å². The van der Waals surface area contributed by atoms with Gasteiger partial charge in [0.05, 0.1) is 7.11 Å². The van der Waals surface area contributed by atoms with Gasteiger partial charge >= 0.3 is 5.97 Å². The van der Waals surface area contributed by atoms with E-state index in [2.05, 4.69) is 4.90 Å². The maximum atomic E-state index is 12.9. The summed E-state index contributed by atoms with van der Waals surface area (Å²) in [6.07, 6.45) is 0. The molecule has 0 radical (unpaired) electrons. The molecule has 2 aromatic carbocycles. The summed E-state index contributed by atoms with van der Waals surface area (Å²) in [4.78, 5) is 29.3. The lowest BCUT2D eigenvalue weighted by molar-refractivity contribution is -0.148. The predicted molar refractivity (Wildman–Crippen MR) is 110 cm³/mol. The van der Waals surface area contributed by atoms with Crippen LogP contribution in [0.4, 0.5) is 0 Å². The molecule has 0 N–H and O–H groups in total. The Balaban J connectivity index is 1.73. The number of piperazine rings is 1. The quantitative estimate of drug-likeness (QED) is 0.735.